The fourth-order valence-corrected chi connectivity index (χ4v) is 5.02. The van der Waals surface area contributed by atoms with Crippen LogP contribution >= 0.6 is 34.7 Å². The molecule has 0 aliphatic heterocycles. The molecule has 3 nitrogen and oxygen atoms in total. The normalized spacial score (nSPS) is 14.1. The molecule has 18 heavy (non-hydrogen) atoms. The predicted molar refractivity (Wildman–Crippen MR) is 81.3 cm³/mol. The third-order valence-electron chi connectivity index (χ3n) is 2.78. The Balaban J connectivity index is 2.85. The van der Waals surface area contributed by atoms with E-state index in [4.69, 9.17) is 11.6 Å². The Morgan fingerprint density at radius 2 is 2.22 bits per heavy atom. The first-order chi connectivity index (χ1) is 8.43. The van der Waals surface area contributed by atoms with Crippen LogP contribution in [0.2, 0.25) is 0 Å². The Hall–Kier alpha value is 0.250. The van der Waals surface area contributed by atoms with Crippen molar-refractivity contribution in [3.63, 3.8) is 0 Å². The molecule has 7 heteroatoms. The smallest absolute Gasteiger partial charge is 0.206 e. The van der Waals surface area contributed by atoms with E-state index in [1.807, 2.05) is 13.2 Å². The maximum Gasteiger partial charge on any atom is 0.252 e. The van der Waals surface area contributed by atoms with Gasteiger partial charge in [-0.1, -0.05) is 0 Å². The molecule has 0 saturated carbocycles. The van der Waals surface area contributed by atoms with Gasteiger partial charge in [-0.05, 0) is 42.4 Å². The van der Waals surface area contributed by atoms with Gasteiger partial charge in [-0.2, -0.15) is 16.1 Å². The van der Waals surface area contributed by atoms with Crippen LogP contribution in [-0.4, -0.2) is 37.8 Å². The highest BCUT2D eigenvalue weighted by atomic mass is 35.5. The third-order valence-corrected chi connectivity index (χ3v) is 7.17. The lowest BCUT2D eigenvalue weighted by atomic mass is 10.3. The van der Waals surface area contributed by atoms with Crippen LogP contribution in [0.15, 0.2) is 15.7 Å². The third kappa shape index (κ3) is 3.87. The number of sulfonamides is 1. The van der Waals surface area contributed by atoms with Crippen molar-refractivity contribution < 1.29 is 8.42 Å². The lowest BCUT2D eigenvalue weighted by Crippen LogP contribution is -2.35. The van der Waals surface area contributed by atoms with Gasteiger partial charge in [0.1, 0.15) is 4.21 Å². The quantitative estimate of drug-likeness (QED) is 0.721. The summed E-state index contributed by atoms with van der Waals surface area (Å²) in [4.78, 5) is 0. The zero-order chi connectivity index (χ0) is 13.8. The molecule has 1 heterocycles. The van der Waals surface area contributed by atoms with E-state index >= 15 is 0 Å². The van der Waals surface area contributed by atoms with Crippen LogP contribution in [0.25, 0.3) is 0 Å². The summed E-state index contributed by atoms with van der Waals surface area (Å²) in [7, 11) is -1.73. The molecule has 1 unspecified atom stereocenters. The second-order valence-electron chi connectivity index (χ2n) is 4.06. The van der Waals surface area contributed by atoms with Gasteiger partial charge in [-0.15, -0.1) is 22.9 Å². The van der Waals surface area contributed by atoms with E-state index in [0.717, 1.165) is 17.7 Å². The molecule has 104 valence electrons. The number of rotatable bonds is 7. The van der Waals surface area contributed by atoms with Crippen molar-refractivity contribution in [1.29, 1.82) is 0 Å². The van der Waals surface area contributed by atoms with E-state index in [1.165, 1.54) is 15.6 Å². The summed E-state index contributed by atoms with van der Waals surface area (Å²) in [5.74, 6) is 1.30. The van der Waals surface area contributed by atoms with Crippen LogP contribution in [0.3, 0.4) is 0 Å². The molecule has 1 rings (SSSR count). The van der Waals surface area contributed by atoms with Gasteiger partial charge in [0.15, 0.2) is 0 Å². The van der Waals surface area contributed by atoms with E-state index < -0.39 is 10.0 Å². The largest absolute Gasteiger partial charge is 0.252 e. The molecule has 0 saturated heterocycles. The zero-order valence-corrected chi connectivity index (χ0v) is 13.9. The van der Waals surface area contributed by atoms with Crippen LogP contribution in [0.5, 0.6) is 0 Å². The molecule has 0 spiro atoms. The van der Waals surface area contributed by atoms with Crippen molar-refractivity contribution in [1.82, 2.24) is 4.31 Å². The topological polar surface area (TPSA) is 37.4 Å². The van der Waals surface area contributed by atoms with Crippen LogP contribution in [0, 0.1) is 0 Å². The molecular weight excluding hydrogens is 310 g/mol. The molecule has 0 N–H and O–H groups in total. The Labute approximate surface area is 123 Å². The Kier molecular flexibility index (Phi) is 6.47. The molecule has 0 aliphatic carbocycles. The van der Waals surface area contributed by atoms with Gasteiger partial charge >= 0.3 is 0 Å². The molecule has 1 atom stereocenters. The summed E-state index contributed by atoms with van der Waals surface area (Å²) in [5, 5.41) is 1.79. The Morgan fingerprint density at radius 3 is 2.72 bits per heavy atom. The molecule has 0 fully saturated rings. The second-order valence-corrected chi connectivity index (χ2v) is 8.45. The predicted octanol–water partition coefficient (Wildman–Crippen LogP) is 3.25. The molecule has 1 aromatic rings. The minimum Gasteiger partial charge on any atom is -0.206 e. The first-order valence-electron chi connectivity index (χ1n) is 5.53. The van der Waals surface area contributed by atoms with Crippen molar-refractivity contribution in [3.8, 4) is 0 Å². The highest BCUT2D eigenvalue weighted by Gasteiger charge is 2.26. The molecule has 0 bridgehead atoms. The van der Waals surface area contributed by atoms with E-state index in [2.05, 4.69) is 0 Å². The van der Waals surface area contributed by atoms with E-state index in [9.17, 15) is 8.42 Å². The van der Waals surface area contributed by atoms with Crippen molar-refractivity contribution >= 4 is 44.7 Å². The molecule has 0 radical (unpaired) electrons. The van der Waals surface area contributed by atoms with Gasteiger partial charge in [-0.3, -0.25) is 0 Å². The Morgan fingerprint density at radius 1 is 1.56 bits per heavy atom. The van der Waals surface area contributed by atoms with Crippen molar-refractivity contribution in [2.24, 2.45) is 0 Å². The standard InChI is InChI=1S/C11H18ClNO2S3/c1-9(4-5-16-3)13(2)18(14,15)11-6-10(7-12)8-17-11/h6,8-9H,4-5,7H2,1-3H3. The molecule has 0 amide bonds. The van der Waals surface area contributed by atoms with Crippen LogP contribution in [0.4, 0.5) is 0 Å². The van der Waals surface area contributed by atoms with E-state index in [1.54, 1.807) is 30.3 Å². The van der Waals surface area contributed by atoms with Crippen LogP contribution in [-0.2, 0) is 15.9 Å². The molecule has 0 aliphatic rings. The minimum absolute atomic E-state index is 0.00371. The summed E-state index contributed by atoms with van der Waals surface area (Å²) in [6.45, 7) is 1.93. The van der Waals surface area contributed by atoms with Crippen molar-refractivity contribution in [2.45, 2.75) is 29.5 Å². The van der Waals surface area contributed by atoms with Crippen LogP contribution < -0.4 is 0 Å². The number of nitrogens with zero attached hydrogens (tertiary/aromatic N) is 1. The number of hydrogen-bond acceptors (Lipinski definition) is 4. The average molecular weight is 328 g/mol. The summed E-state index contributed by atoms with van der Waals surface area (Å²) in [5.41, 5.74) is 0.852. The zero-order valence-electron chi connectivity index (χ0n) is 10.7. The van der Waals surface area contributed by atoms with Gasteiger partial charge < -0.3 is 0 Å². The number of thiophene rings is 1. The van der Waals surface area contributed by atoms with Crippen molar-refractivity contribution in [3.05, 3.63) is 17.0 Å². The highest BCUT2D eigenvalue weighted by molar-refractivity contribution is 7.98. The Bertz CT molecular complexity index is 472. The molecule has 1 aromatic heterocycles. The summed E-state index contributed by atoms with van der Waals surface area (Å²) in [6, 6.07) is 1.66. The lowest BCUT2D eigenvalue weighted by Gasteiger charge is -2.23. The van der Waals surface area contributed by atoms with E-state index in [-0.39, 0.29) is 6.04 Å². The fourth-order valence-electron chi connectivity index (χ4n) is 1.41. The lowest BCUT2D eigenvalue weighted by molar-refractivity contribution is 0.383. The van der Waals surface area contributed by atoms with Crippen LogP contribution in [0.1, 0.15) is 18.9 Å². The maximum atomic E-state index is 12.4. The van der Waals surface area contributed by atoms with Gasteiger partial charge in [0.05, 0.1) is 0 Å². The van der Waals surface area contributed by atoms with E-state index in [0.29, 0.717) is 10.1 Å². The van der Waals surface area contributed by atoms with Gasteiger partial charge in [0, 0.05) is 19.0 Å². The molecule has 0 aromatic carbocycles. The monoisotopic (exact) mass is 327 g/mol. The minimum atomic E-state index is -3.37. The van der Waals surface area contributed by atoms with Crippen molar-refractivity contribution in [2.75, 3.05) is 19.1 Å². The van der Waals surface area contributed by atoms with Gasteiger partial charge in [-0.25, -0.2) is 8.42 Å². The van der Waals surface area contributed by atoms with Gasteiger partial charge in [0.25, 0.3) is 10.0 Å². The van der Waals surface area contributed by atoms with Gasteiger partial charge in [0.2, 0.25) is 0 Å². The first-order valence-corrected chi connectivity index (χ1v) is 9.78. The summed E-state index contributed by atoms with van der Waals surface area (Å²) in [6.07, 6.45) is 2.87. The summed E-state index contributed by atoms with van der Waals surface area (Å²) < 4.78 is 26.5. The second kappa shape index (κ2) is 7.14. The summed E-state index contributed by atoms with van der Waals surface area (Å²) >= 11 is 8.65. The average Bonchev–Trinajstić information content (AvgIpc) is 2.84. The SMILES string of the molecule is CSCCC(C)N(C)S(=O)(=O)c1cc(CCl)cs1. The molecular formula is C11H18ClNO2S3. The number of halogens is 1. The maximum absolute atomic E-state index is 12.4. The highest BCUT2D eigenvalue weighted by Crippen LogP contribution is 2.25. The number of thioether (sulfide) groups is 1. The number of alkyl halides is 1. The number of hydrogen-bond donors (Lipinski definition) is 0. The fraction of sp³-hybridized carbons (Fsp3) is 0.636. The first kappa shape index (κ1) is 16.3.